The summed E-state index contributed by atoms with van der Waals surface area (Å²) in [6, 6.07) is 9.73. The van der Waals surface area contributed by atoms with Gasteiger partial charge in [-0.05, 0) is 38.1 Å². The molecule has 0 atom stereocenters. The second-order valence-corrected chi connectivity index (χ2v) is 3.93. The second kappa shape index (κ2) is 5.49. The fourth-order valence-electron chi connectivity index (χ4n) is 1.69. The van der Waals surface area contributed by atoms with Gasteiger partial charge in [0.05, 0.1) is 6.61 Å². The summed E-state index contributed by atoms with van der Waals surface area (Å²) in [5, 5.41) is 3.03. The summed E-state index contributed by atoms with van der Waals surface area (Å²) in [6.07, 6.45) is 0. The van der Waals surface area contributed by atoms with Crippen LogP contribution in [0.1, 0.15) is 12.6 Å². The van der Waals surface area contributed by atoms with Crippen LogP contribution in [0, 0.1) is 6.92 Å². The molecule has 0 unspecified atom stereocenters. The molecule has 0 spiro atoms. The minimum atomic E-state index is 0.671. The van der Waals surface area contributed by atoms with Crippen molar-refractivity contribution in [2.75, 3.05) is 19.0 Å². The van der Waals surface area contributed by atoms with Gasteiger partial charge in [-0.25, -0.2) is 9.97 Å². The van der Waals surface area contributed by atoms with Crippen LogP contribution >= 0.6 is 0 Å². The van der Waals surface area contributed by atoms with Gasteiger partial charge in [0, 0.05) is 24.4 Å². The lowest BCUT2D eigenvalue weighted by atomic mass is 10.2. The van der Waals surface area contributed by atoms with Crippen molar-refractivity contribution in [2.45, 2.75) is 13.8 Å². The number of benzene rings is 1. The van der Waals surface area contributed by atoms with Crippen molar-refractivity contribution in [1.82, 2.24) is 9.97 Å². The molecular formula is C14H17N3O. The molecule has 1 aromatic heterocycles. The smallest absolute Gasteiger partial charge is 0.161 e. The highest BCUT2D eigenvalue weighted by Gasteiger charge is 2.04. The zero-order chi connectivity index (χ0) is 13.0. The third-order valence-electron chi connectivity index (χ3n) is 2.53. The maximum atomic E-state index is 5.41. The normalized spacial score (nSPS) is 10.2. The molecule has 0 aliphatic rings. The van der Waals surface area contributed by atoms with Gasteiger partial charge in [0.25, 0.3) is 0 Å². The zero-order valence-electron chi connectivity index (χ0n) is 10.9. The molecular weight excluding hydrogens is 226 g/mol. The summed E-state index contributed by atoms with van der Waals surface area (Å²) >= 11 is 0. The van der Waals surface area contributed by atoms with E-state index in [0.717, 1.165) is 28.6 Å². The minimum Gasteiger partial charge on any atom is -0.494 e. The van der Waals surface area contributed by atoms with Crippen LogP contribution in [0.2, 0.25) is 0 Å². The number of rotatable bonds is 4. The lowest BCUT2D eigenvalue weighted by Crippen LogP contribution is -1.98. The van der Waals surface area contributed by atoms with Crippen LogP contribution < -0.4 is 10.1 Å². The van der Waals surface area contributed by atoms with E-state index in [1.807, 2.05) is 51.2 Å². The van der Waals surface area contributed by atoms with Gasteiger partial charge in [-0.3, -0.25) is 0 Å². The number of hydrogen-bond donors (Lipinski definition) is 1. The molecule has 2 aromatic rings. The Hall–Kier alpha value is -2.10. The van der Waals surface area contributed by atoms with Crippen LogP contribution in [-0.4, -0.2) is 23.6 Å². The van der Waals surface area contributed by atoms with E-state index in [0.29, 0.717) is 6.61 Å². The monoisotopic (exact) mass is 243 g/mol. The standard InChI is InChI=1S/C14H17N3O/c1-4-18-12-7-5-11(6-8-12)14-16-10(2)9-13(15-3)17-14/h5-9H,4H2,1-3H3,(H,15,16,17). The molecule has 4 heteroatoms. The Balaban J connectivity index is 2.33. The van der Waals surface area contributed by atoms with E-state index in [9.17, 15) is 0 Å². The van der Waals surface area contributed by atoms with Crippen molar-refractivity contribution in [2.24, 2.45) is 0 Å². The van der Waals surface area contributed by atoms with Gasteiger partial charge in [-0.1, -0.05) is 0 Å². The fourth-order valence-corrected chi connectivity index (χ4v) is 1.69. The van der Waals surface area contributed by atoms with Crippen molar-refractivity contribution >= 4 is 5.82 Å². The molecule has 0 bridgehead atoms. The molecule has 94 valence electrons. The van der Waals surface area contributed by atoms with Crippen LogP contribution in [-0.2, 0) is 0 Å². The summed E-state index contributed by atoms with van der Waals surface area (Å²) in [5.41, 5.74) is 1.93. The van der Waals surface area contributed by atoms with E-state index in [1.54, 1.807) is 0 Å². The lowest BCUT2D eigenvalue weighted by molar-refractivity contribution is 0.340. The average Bonchev–Trinajstić information content (AvgIpc) is 2.39. The predicted molar refractivity (Wildman–Crippen MR) is 72.9 cm³/mol. The van der Waals surface area contributed by atoms with Crippen molar-refractivity contribution in [3.63, 3.8) is 0 Å². The predicted octanol–water partition coefficient (Wildman–Crippen LogP) is 2.89. The Morgan fingerprint density at radius 3 is 2.50 bits per heavy atom. The highest BCUT2D eigenvalue weighted by atomic mass is 16.5. The summed E-state index contributed by atoms with van der Waals surface area (Å²) in [5.74, 6) is 2.41. The molecule has 4 nitrogen and oxygen atoms in total. The first-order valence-corrected chi connectivity index (χ1v) is 5.99. The summed E-state index contributed by atoms with van der Waals surface area (Å²) in [6.45, 7) is 4.60. The zero-order valence-corrected chi connectivity index (χ0v) is 10.9. The highest BCUT2D eigenvalue weighted by Crippen LogP contribution is 2.21. The van der Waals surface area contributed by atoms with E-state index in [4.69, 9.17) is 4.74 Å². The molecule has 18 heavy (non-hydrogen) atoms. The first kappa shape index (κ1) is 12.4. The Kier molecular flexibility index (Phi) is 3.77. The first-order valence-electron chi connectivity index (χ1n) is 5.99. The van der Waals surface area contributed by atoms with E-state index >= 15 is 0 Å². The summed E-state index contributed by atoms with van der Waals surface area (Å²) < 4.78 is 5.41. The van der Waals surface area contributed by atoms with Gasteiger partial charge in [0.2, 0.25) is 0 Å². The maximum Gasteiger partial charge on any atom is 0.161 e. The van der Waals surface area contributed by atoms with E-state index < -0.39 is 0 Å². The van der Waals surface area contributed by atoms with Crippen LogP contribution in [0.5, 0.6) is 5.75 Å². The van der Waals surface area contributed by atoms with Crippen molar-refractivity contribution < 1.29 is 4.74 Å². The molecule has 0 fully saturated rings. The molecule has 1 heterocycles. The molecule has 0 aliphatic carbocycles. The molecule has 0 saturated carbocycles. The second-order valence-electron chi connectivity index (χ2n) is 3.93. The van der Waals surface area contributed by atoms with Crippen molar-refractivity contribution in [3.8, 4) is 17.1 Å². The Labute approximate surface area is 107 Å². The quantitative estimate of drug-likeness (QED) is 0.897. The van der Waals surface area contributed by atoms with Gasteiger partial charge in [-0.2, -0.15) is 0 Å². The van der Waals surface area contributed by atoms with E-state index in [-0.39, 0.29) is 0 Å². The third-order valence-corrected chi connectivity index (χ3v) is 2.53. The number of nitrogens with zero attached hydrogens (tertiary/aromatic N) is 2. The Morgan fingerprint density at radius 1 is 1.17 bits per heavy atom. The van der Waals surface area contributed by atoms with Crippen molar-refractivity contribution in [1.29, 1.82) is 0 Å². The number of ether oxygens (including phenoxy) is 1. The van der Waals surface area contributed by atoms with E-state index in [1.165, 1.54) is 0 Å². The summed E-state index contributed by atoms with van der Waals surface area (Å²) in [7, 11) is 1.85. The lowest BCUT2D eigenvalue weighted by Gasteiger charge is -2.07. The maximum absolute atomic E-state index is 5.41. The molecule has 1 aromatic carbocycles. The Morgan fingerprint density at radius 2 is 1.89 bits per heavy atom. The van der Waals surface area contributed by atoms with Gasteiger partial charge in [-0.15, -0.1) is 0 Å². The largest absolute Gasteiger partial charge is 0.494 e. The number of nitrogens with one attached hydrogen (secondary N) is 1. The number of hydrogen-bond acceptors (Lipinski definition) is 4. The van der Waals surface area contributed by atoms with Crippen LogP contribution in [0.25, 0.3) is 11.4 Å². The van der Waals surface area contributed by atoms with Crippen LogP contribution in [0.4, 0.5) is 5.82 Å². The van der Waals surface area contributed by atoms with Gasteiger partial charge < -0.3 is 10.1 Å². The average molecular weight is 243 g/mol. The van der Waals surface area contributed by atoms with Gasteiger partial charge in [0.15, 0.2) is 5.82 Å². The topological polar surface area (TPSA) is 47.0 Å². The molecule has 0 amide bonds. The number of anilines is 1. The highest BCUT2D eigenvalue weighted by molar-refractivity contribution is 5.58. The van der Waals surface area contributed by atoms with Crippen LogP contribution in [0.15, 0.2) is 30.3 Å². The van der Waals surface area contributed by atoms with Crippen molar-refractivity contribution in [3.05, 3.63) is 36.0 Å². The van der Waals surface area contributed by atoms with Gasteiger partial charge >= 0.3 is 0 Å². The third kappa shape index (κ3) is 2.77. The van der Waals surface area contributed by atoms with Crippen LogP contribution in [0.3, 0.4) is 0 Å². The first-order chi connectivity index (χ1) is 8.72. The van der Waals surface area contributed by atoms with E-state index in [2.05, 4.69) is 15.3 Å². The summed E-state index contributed by atoms with van der Waals surface area (Å²) in [4.78, 5) is 8.87. The molecule has 0 radical (unpaired) electrons. The molecule has 1 N–H and O–H groups in total. The molecule has 0 aliphatic heterocycles. The number of aryl methyl sites for hydroxylation is 1. The Bertz CT molecular complexity index is 523. The minimum absolute atomic E-state index is 0.671. The molecule has 0 saturated heterocycles. The number of aromatic nitrogens is 2. The SMILES string of the molecule is CCOc1ccc(-c2nc(C)cc(NC)n2)cc1. The molecule has 2 rings (SSSR count). The van der Waals surface area contributed by atoms with Gasteiger partial charge in [0.1, 0.15) is 11.6 Å². The fraction of sp³-hybridized carbons (Fsp3) is 0.286.